The SMILES string of the molecule is CCCCCCCCCCCCN1C(=O)C(=Cc2c(C)c(C#N)c(=O)n(C)c2N2CCCCCC2)SC1=S. The monoisotopic (exact) mass is 556 g/mol. The fourth-order valence-corrected chi connectivity index (χ4v) is 6.75. The van der Waals surface area contributed by atoms with Crippen molar-refractivity contribution in [1.82, 2.24) is 9.47 Å². The first-order valence-corrected chi connectivity index (χ1v) is 15.8. The lowest BCUT2D eigenvalue weighted by atomic mass is 10.0. The van der Waals surface area contributed by atoms with Gasteiger partial charge in [0.1, 0.15) is 21.8 Å². The van der Waals surface area contributed by atoms with Gasteiger partial charge in [-0.05, 0) is 37.8 Å². The van der Waals surface area contributed by atoms with Crippen LogP contribution in [-0.4, -0.2) is 39.3 Å². The van der Waals surface area contributed by atoms with Crippen LogP contribution >= 0.6 is 24.0 Å². The third kappa shape index (κ3) is 7.72. The van der Waals surface area contributed by atoms with E-state index >= 15 is 0 Å². The molecule has 3 rings (SSSR count). The van der Waals surface area contributed by atoms with Gasteiger partial charge in [-0.25, -0.2) is 0 Å². The summed E-state index contributed by atoms with van der Waals surface area (Å²) in [6, 6.07) is 2.09. The summed E-state index contributed by atoms with van der Waals surface area (Å²) in [5.74, 6) is 0.734. The number of hydrogen-bond donors (Lipinski definition) is 0. The second-order valence-corrected chi connectivity index (χ2v) is 12.3. The molecule has 2 fully saturated rings. The van der Waals surface area contributed by atoms with E-state index in [0.29, 0.717) is 21.3 Å². The Morgan fingerprint density at radius 3 is 2.11 bits per heavy atom. The maximum Gasteiger partial charge on any atom is 0.270 e. The van der Waals surface area contributed by atoms with Crippen LogP contribution in [0.1, 0.15) is 114 Å². The van der Waals surface area contributed by atoms with E-state index in [1.807, 2.05) is 13.0 Å². The molecule has 0 aliphatic carbocycles. The molecule has 38 heavy (non-hydrogen) atoms. The summed E-state index contributed by atoms with van der Waals surface area (Å²) in [5, 5.41) is 9.72. The first-order valence-electron chi connectivity index (χ1n) is 14.5. The molecule has 1 aromatic heterocycles. The summed E-state index contributed by atoms with van der Waals surface area (Å²) in [6.45, 7) is 6.43. The van der Waals surface area contributed by atoms with E-state index in [0.717, 1.165) is 50.2 Å². The Morgan fingerprint density at radius 1 is 0.947 bits per heavy atom. The zero-order chi connectivity index (χ0) is 27.5. The largest absolute Gasteiger partial charge is 0.357 e. The molecule has 1 aromatic rings. The number of carbonyl (C=O) groups is 1. The summed E-state index contributed by atoms with van der Waals surface area (Å²) in [5.41, 5.74) is 1.27. The van der Waals surface area contributed by atoms with E-state index in [4.69, 9.17) is 12.2 Å². The lowest BCUT2D eigenvalue weighted by Crippen LogP contribution is -2.34. The van der Waals surface area contributed by atoms with Crippen LogP contribution in [0, 0.1) is 18.3 Å². The van der Waals surface area contributed by atoms with Crippen molar-refractivity contribution in [1.29, 1.82) is 5.26 Å². The van der Waals surface area contributed by atoms with E-state index in [1.165, 1.54) is 76.0 Å². The zero-order valence-corrected chi connectivity index (χ0v) is 25.2. The fraction of sp³-hybridized carbons (Fsp3) is 0.667. The highest BCUT2D eigenvalue weighted by molar-refractivity contribution is 8.26. The van der Waals surface area contributed by atoms with Crippen LogP contribution in [0.3, 0.4) is 0 Å². The maximum atomic E-state index is 13.4. The number of carbonyl (C=O) groups excluding carboxylic acids is 1. The van der Waals surface area contributed by atoms with Gasteiger partial charge in [0.25, 0.3) is 11.5 Å². The number of nitrogens with zero attached hydrogens (tertiary/aromatic N) is 4. The molecule has 0 spiro atoms. The first kappa shape index (κ1) is 30.4. The molecular formula is C30H44N4O2S2. The van der Waals surface area contributed by atoms with Crippen LogP contribution in [0.5, 0.6) is 0 Å². The van der Waals surface area contributed by atoms with Crippen LogP contribution < -0.4 is 10.5 Å². The normalized spacial score (nSPS) is 17.4. The van der Waals surface area contributed by atoms with Gasteiger partial charge in [0.2, 0.25) is 0 Å². The van der Waals surface area contributed by atoms with E-state index in [-0.39, 0.29) is 17.0 Å². The van der Waals surface area contributed by atoms with Gasteiger partial charge >= 0.3 is 0 Å². The van der Waals surface area contributed by atoms with Crippen molar-refractivity contribution in [2.24, 2.45) is 7.05 Å². The molecular weight excluding hydrogens is 512 g/mol. The Balaban J connectivity index is 1.70. The predicted molar refractivity (Wildman–Crippen MR) is 164 cm³/mol. The number of amides is 1. The fourth-order valence-electron chi connectivity index (χ4n) is 5.46. The van der Waals surface area contributed by atoms with Crippen LogP contribution in [0.2, 0.25) is 0 Å². The molecule has 208 valence electrons. The number of unbranched alkanes of at least 4 members (excludes halogenated alkanes) is 9. The molecule has 0 aromatic carbocycles. The van der Waals surface area contributed by atoms with Crippen LogP contribution in [0.15, 0.2) is 9.70 Å². The van der Waals surface area contributed by atoms with Gasteiger partial charge < -0.3 is 4.90 Å². The standard InChI is InChI=1S/C30H44N4O2S2/c1-4-5-6-7-8-9-10-11-12-17-20-34-29(36)26(38-30(34)37)21-24-23(2)25(22-31)28(35)32(3)27(24)33-18-15-13-14-16-19-33/h21H,4-20H2,1-3H3. The number of nitriles is 1. The Bertz CT molecular complexity index is 1110. The van der Waals surface area contributed by atoms with Gasteiger partial charge in [0.15, 0.2) is 0 Å². The van der Waals surface area contributed by atoms with Gasteiger partial charge in [0.05, 0.1) is 4.91 Å². The summed E-state index contributed by atoms with van der Waals surface area (Å²) >= 11 is 6.92. The molecule has 0 radical (unpaired) electrons. The van der Waals surface area contributed by atoms with Crippen molar-refractivity contribution in [3.8, 4) is 6.07 Å². The molecule has 2 aliphatic heterocycles. The number of hydrogen-bond acceptors (Lipinski definition) is 6. The molecule has 8 heteroatoms. The minimum absolute atomic E-state index is 0.0653. The Hall–Kier alpha value is -2.11. The second-order valence-electron chi connectivity index (χ2n) is 10.6. The van der Waals surface area contributed by atoms with Crippen molar-refractivity contribution in [2.45, 2.75) is 104 Å². The quantitative estimate of drug-likeness (QED) is 0.147. The molecule has 0 unspecified atom stereocenters. The number of anilines is 1. The topological polar surface area (TPSA) is 69.3 Å². The number of thiocarbonyl (C=S) groups is 1. The lowest BCUT2D eigenvalue weighted by Gasteiger charge is -2.28. The average Bonchev–Trinajstić information content (AvgIpc) is 3.07. The minimum atomic E-state index is -0.282. The molecule has 2 saturated heterocycles. The Morgan fingerprint density at radius 2 is 1.53 bits per heavy atom. The van der Waals surface area contributed by atoms with Gasteiger partial charge in [-0.1, -0.05) is 102 Å². The predicted octanol–water partition coefficient (Wildman–Crippen LogP) is 7.07. The van der Waals surface area contributed by atoms with Crippen LogP contribution in [0.25, 0.3) is 6.08 Å². The minimum Gasteiger partial charge on any atom is -0.357 e. The van der Waals surface area contributed by atoms with Gasteiger partial charge in [-0.3, -0.25) is 19.1 Å². The number of rotatable bonds is 13. The van der Waals surface area contributed by atoms with Crippen LogP contribution in [0.4, 0.5) is 5.82 Å². The molecule has 1 amide bonds. The summed E-state index contributed by atoms with van der Waals surface area (Å²) in [6.07, 6.45) is 18.8. The first-order chi connectivity index (χ1) is 18.4. The highest BCUT2D eigenvalue weighted by atomic mass is 32.2. The van der Waals surface area contributed by atoms with Crippen molar-refractivity contribution < 1.29 is 4.79 Å². The highest BCUT2D eigenvalue weighted by Gasteiger charge is 2.32. The van der Waals surface area contributed by atoms with E-state index in [1.54, 1.807) is 16.5 Å². The van der Waals surface area contributed by atoms with Gasteiger partial charge in [-0.15, -0.1) is 0 Å². The van der Waals surface area contributed by atoms with Gasteiger partial charge in [0, 0.05) is 32.2 Å². The zero-order valence-electron chi connectivity index (χ0n) is 23.5. The van der Waals surface area contributed by atoms with E-state index in [9.17, 15) is 14.9 Å². The van der Waals surface area contributed by atoms with E-state index in [2.05, 4.69) is 17.9 Å². The summed E-state index contributed by atoms with van der Waals surface area (Å²) < 4.78 is 2.18. The molecule has 0 bridgehead atoms. The third-order valence-electron chi connectivity index (χ3n) is 7.76. The lowest BCUT2D eigenvalue weighted by molar-refractivity contribution is -0.122. The van der Waals surface area contributed by atoms with Crippen LogP contribution in [-0.2, 0) is 11.8 Å². The average molecular weight is 557 g/mol. The molecule has 6 nitrogen and oxygen atoms in total. The van der Waals surface area contributed by atoms with Crippen molar-refractivity contribution in [3.05, 3.63) is 31.9 Å². The summed E-state index contributed by atoms with van der Waals surface area (Å²) in [7, 11) is 1.73. The van der Waals surface area contributed by atoms with Gasteiger partial charge in [-0.2, -0.15) is 5.26 Å². The van der Waals surface area contributed by atoms with E-state index < -0.39 is 0 Å². The molecule has 0 saturated carbocycles. The molecule has 3 heterocycles. The molecule has 0 atom stereocenters. The number of pyridine rings is 1. The van der Waals surface area contributed by atoms with Crippen molar-refractivity contribution >= 4 is 46.1 Å². The third-order valence-corrected chi connectivity index (χ3v) is 9.14. The number of aromatic nitrogens is 1. The second kappa shape index (κ2) is 15.5. The molecule has 2 aliphatic rings. The highest BCUT2D eigenvalue weighted by Crippen LogP contribution is 2.36. The number of thioether (sulfide) groups is 1. The van der Waals surface area contributed by atoms with Crippen molar-refractivity contribution in [2.75, 3.05) is 24.5 Å². The van der Waals surface area contributed by atoms with Crippen molar-refractivity contribution in [3.63, 3.8) is 0 Å². The smallest absolute Gasteiger partial charge is 0.270 e. The molecule has 0 N–H and O–H groups in total. The summed E-state index contributed by atoms with van der Waals surface area (Å²) in [4.78, 5) is 30.9. The Kier molecular flexibility index (Phi) is 12.4. The maximum absolute atomic E-state index is 13.4. The Labute approximate surface area is 238 Å².